The number of phenolic OH excluding ortho intramolecular Hbond substituents is 1. The van der Waals surface area contributed by atoms with Gasteiger partial charge in [-0.15, -0.1) is 0 Å². The molecule has 1 aromatic rings. The van der Waals surface area contributed by atoms with Crippen molar-refractivity contribution in [2.45, 2.75) is 76.7 Å². The second kappa shape index (κ2) is 22.3. The molecule has 20 nitrogen and oxygen atoms in total. The number of carbonyl (C=O) groups excluding carboxylic acids is 6. The van der Waals surface area contributed by atoms with Crippen molar-refractivity contribution in [1.82, 2.24) is 31.9 Å². The Morgan fingerprint density at radius 1 is 0.765 bits per heavy atom. The highest BCUT2D eigenvalue weighted by molar-refractivity contribution is 5.96. The minimum absolute atomic E-state index is 0.0270. The maximum atomic E-state index is 13.8. The van der Waals surface area contributed by atoms with Crippen LogP contribution in [-0.2, 0) is 40.0 Å². The molecule has 0 spiro atoms. The van der Waals surface area contributed by atoms with E-state index >= 15 is 0 Å². The number of nitrogens with two attached hydrogens (primary N) is 3. The topological polar surface area (TPSA) is 343 Å². The zero-order chi connectivity index (χ0) is 38.7. The van der Waals surface area contributed by atoms with Gasteiger partial charge in [-0.05, 0) is 49.8 Å². The molecule has 1 rings (SSSR count). The number of aliphatic imine (C=N–C) groups is 1. The average molecular weight is 723 g/mol. The van der Waals surface area contributed by atoms with Crippen LogP contribution in [0, 0.1) is 5.92 Å². The molecule has 0 saturated heterocycles. The van der Waals surface area contributed by atoms with Crippen molar-refractivity contribution in [3.63, 3.8) is 0 Å². The van der Waals surface area contributed by atoms with Gasteiger partial charge < -0.3 is 64.4 Å². The van der Waals surface area contributed by atoms with E-state index in [-0.39, 0.29) is 49.9 Å². The molecular formula is C31H50N10O10. The zero-order valence-electron chi connectivity index (χ0n) is 28.8. The monoisotopic (exact) mass is 722 g/mol. The van der Waals surface area contributed by atoms with Crippen molar-refractivity contribution in [2.75, 3.05) is 26.2 Å². The van der Waals surface area contributed by atoms with Gasteiger partial charge in [0.15, 0.2) is 5.96 Å². The number of nitrogens with one attached hydrogen (secondary N) is 6. The molecule has 1 aromatic carbocycles. The van der Waals surface area contributed by atoms with Gasteiger partial charge in [-0.2, -0.15) is 0 Å². The molecule has 0 unspecified atom stereocenters. The van der Waals surface area contributed by atoms with Gasteiger partial charge in [0.2, 0.25) is 35.4 Å². The van der Waals surface area contributed by atoms with Crippen LogP contribution in [0.5, 0.6) is 5.75 Å². The standard InChI is InChI=1S/C31H50N10O10/c1-16(2)11-21(40-30(51)23(15-42)38-24(44)13-32)28(49)41-22(12-18-6-8-19(43)9-7-18)29(50)39-20(5-4-10-35-31(33)34)27(48)37-17(3)26(47)36-14-25(45)46/h6-9,16-17,20-23,42-43H,4-5,10-15,32H2,1-3H3,(H,36,47)(H,37,48)(H,38,44)(H,39,50)(H,40,51)(H,41,49)(H,45,46)(H4,33,34,35)/t17-,20-,21-,22-,23-/m0/s1. The van der Waals surface area contributed by atoms with Crippen LogP contribution in [0.2, 0.25) is 0 Å². The summed E-state index contributed by atoms with van der Waals surface area (Å²) in [6, 6.07) is -0.724. The van der Waals surface area contributed by atoms with E-state index in [1.807, 2.05) is 0 Å². The van der Waals surface area contributed by atoms with E-state index in [1.165, 1.54) is 31.2 Å². The van der Waals surface area contributed by atoms with Crippen LogP contribution in [0.15, 0.2) is 29.3 Å². The van der Waals surface area contributed by atoms with Crippen LogP contribution >= 0.6 is 0 Å². The highest BCUT2D eigenvalue weighted by Crippen LogP contribution is 2.13. The van der Waals surface area contributed by atoms with Gasteiger partial charge in [0.05, 0.1) is 13.2 Å². The van der Waals surface area contributed by atoms with Gasteiger partial charge in [-0.25, -0.2) is 0 Å². The van der Waals surface area contributed by atoms with Crippen molar-refractivity contribution in [1.29, 1.82) is 0 Å². The van der Waals surface area contributed by atoms with Gasteiger partial charge >= 0.3 is 5.97 Å². The van der Waals surface area contributed by atoms with Crippen molar-refractivity contribution in [3.8, 4) is 5.75 Å². The fourth-order valence-corrected chi connectivity index (χ4v) is 4.51. The number of rotatable bonds is 22. The van der Waals surface area contributed by atoms with Crippen LogP contribution in [0.25, 0.3) is 0 Å². The maximum absolute atomic E-state index is 13.8. The molecule has 0 fully saturated rings. The van der Waals surface area contributed by atoms with Gasteiger partial charge in [0.1, 0.15) is 42.5 Å². The zero-order valence-corrected chi connectivity index (χ0v) is 28.8. The lowest BCUT2D eigenvalue weighted by atomic mass is 10.00. The Labute approximate surface area is 294 Å². The minimum Gasteiger partial charge on any atom is -0.508 e. The molecule has 0 saturated carbocycles. The predicted octanol–water partition coefficient (Wildman–Crippen LogP) is -4.37. The molecule has 0 aromatic heterocycles. The number of aliphatic hydroxyl groups is 1. The van der Waals surface area contributed by atoms with Crippen LogP contribution < -0.4 is 49.1 Å². The van der Waals surface area contributed by atoms with E-state index in [4.69, 9.17) is 22.3 Å². The first-order chi connectivity index (χ1) is 24.0. The first-order valence-corrected chi connectivity index (χ1v) is 16.1. The number of phenols is 1. The molecule has 6 amide bonds. The molecule has 5 atom stereocenters. The predicted molar refractivity (Wildman–Crippen MR) is 183 cm³/mol. The number of amides is 6. The van der Waals surface area contributed by atoms with Crippen LogP contribution in [-0.4, -0.2) is 119 Å². The lowest BCUT2D eigenvalue weighted by Crippen LogP contribution is -2.60. The summed E-state index contributed by atoms with van der Waals surface area (Å²) in [7, 11) is 0. The second-order valence-corrected chi connectivity index (χ2v) is 12.0. The number of aliphatic carboxylic acids is 1. The smallest absolute Gasteiger partial charge is 0.322 e. The van der Waals surface area contributed by atoms with Crippen LogP contribution in [0.4, 0.5) is 0 Å². The Morgan fingerprint density at radius 3 is 1.86 bits per heavy atom. The number of hydrogen-bond donors (Lipinski definition) is 12. The number of aliphatic hydroxyl groups excluding tert-OH is 1. The Balaban J connectivity index is 3.36. The van der Waals surface area contributed by atoms with E-state index in [0.29, 0.717) is 5.56 Å². The normalized spacial score (nSPS) is 13.7. The Hall–Kier alpha value is -5.50. The summed E-state index contributed by atoms with van der Waals surface area (Å²) in [6.45, 7) is 3.04. The molecule has 0 radical (unpaired) electrons. The van der Waals surface area contributed by atoms with Crippen LogP contribution in [0.3, 0.4) is 0 Å². The highest BCUT2D eigenvalue weighted by Gasteiger charge is 2.32. The fraction of sp³-hybridized carbons (Fsp3) is 0.548. The summed E-state index contributed by atoms with van der Waals surface area (Å²) < 4.78 is 0. The van der Waals surface area contributed by atoms with Gasteiger partial charge in [0.25, 0.3) is 0 Å². The SMILES string of the molecule is CC(C)C[C@H](NC(=O)[C@H](CO)NC(=O)CN)C(=O)N[C@@H](Cc1ccc(O)cc1)C(=O)N[C@@H](CCCN=C(N)N)C(=O)N[C@@H](C)C(=O)NCC(=O)O. The number of guanidine groups is 1. The summed E-state index contributed by atoms with van der Waals surface area (Å²) in [5, 5.41) is 42.7. The maximum Gasteiger partial charge on any atom is 0.322 e. The summed E-state index contributed by atoms with van der Waals surface area (Å²) >= 11 is 0. The summed E-state index contributed by atoms with van der Waals surface area (Å²) in [6.07, 6.45) is 0.120. The third kappa shape index (κ3) is 17.1. The lowest BCUT2D eigenvalue weighted by Gasteiger charge is -2.27. The van der Waals surface area contributed by atoms with E-state index in [1.54, 1.807) is 13.8 Å². The third-order valence-corrected chi connectivity index (χ3v) is 7.11. The van der Waals surface area contributed by atoms with Crippen LogP contribution in [0.1, 0.15) is 45.6 Å². The van der Waals surface area contributed by atoms with Gasteiger partial charge in [-0.3, -0.25) is 38.6 Å². The van der Waals surface area contributed by atoms with Crippen molar-refractivity contribution < 1.29 is 48.9 Å². The number of aromatic hydroxyl groups is 1. The molecule has 51 heavy (non-hydrogen) atoms. The fourth-order valence-electron chi connectivity index (χ4n) is 4.51. The van der Waals surface area contributed by atoms with Gasteiger partial charge in [-0.1, -0.05) is 26.0 Å². The molecular weight excluding hydrogens is 672 g/mol. The summed E-state index contributed by atoms with van der Waals surface area (Å²) in [5.74, 6) is -6.52. The van der Waals surface area contributed by atoms with Crippen molar-refractivity contribution >= 4 is 47.4 Å². The van der Waals surface area contributed by atoms with E-state index in [0.717, 1.165) is 0 Å². The quantitative estimate of drug-likeness (QED) is 0.0306. The van der Waals surface area contributed by atoms with Gasteiger partial charge in [0, 0.05) is 13.0 Å². The number of benzene rings is 1. The van der Waals surface area contributed by atoms with E-state index in [9.17, 15) is 43.8 Å². The Morgan fingerprint density at radius 2 is 1.31 bits per heavy atom. The lowest BCUT2D eigenvalue weighted by molar-refractivity contribution is -0.138. The second-order valence-electron chi connectivity index (χ2n) is 12.0. The molecule has 0 aliphatic heterocycles. The Kier molecular flexibility index (Phi) is 19.0. The molecule has 20 heteroatoms. The van der Waals surface area contributed by atoms with E-state index < -0.39 is 91.3 Å². The first-order valence-electron chi connectivity index (χ1n) is 16.1. The number of nitrogens with zero attached hydrogens (tertiary/aromatic N) is 1. The van der Waals surface area contributed by atoms with Crippen molar-refractivity contribution in [2.24, 2.45) is 28.1 Å². The number of carbonyl (C=O) groups is 7. The Bertz CT molecular complexity index is 1390. The highest BCUT2D eigenvalue weighted by atomic mass is 16.4. The van der Waals surface area contributed by atoms with Crippen molar-refractivity contribution in [3.05, 3.63) is 29.8 Å². The molecule has 284 valence electrons. The molecule has 15 N–H and O–H groups in total. The minimum atomic E-state index is -1.41. The average Bonchev–Trinajstić information content (AvgIpc) is 3.06. The summed E-state index contributed by atoms with van der Waals surface area (Å²) in [5.41, 5.74) is 16.5. The number of hydrogen-bond acceptors (Lipinski definition) is 11. The molecule has 0 heterocycles. The molecule has 0 aliphatic rings. The first kappa shape index (κ1) is 43.5. The third-order valence-electron chi connectivity index (χ3n) is 7.11. The largest absolute Gasteiger partial charge is 0.508 e. The molecule has 0 aliphatic carbocycles. The van der Waals surface area contributed by atoms with E-state index in [2.05, 4.69) is 36.9 Å². The number of carboxylic acids is 1. The molecule has 0 bridgehead atoms. The number of carboxylic acid groups (broad SMARTS) is 1. The summed E-state index contributed by atoms with van der Waals surface area (Å²) in [4.78, 5) is 92.5.